The van der Waals surface area contributed by atoms with Crippen molar-refractivity contribution < 1.29 is 33.3 Å². The summed E-state index contributed by atoms with van der Waals surface area (Å²) in [5, 5.41) is 6.10. The van der Waals surface area contributed by atoms with Crippen molar-refractivity contribution in [2.45, 2.75) is 64.0 Å². The molecule has 0 amide bonds. The van der Waals surface area contributed by atoms with Crippen molar-refractivity contribution in [1.29, 1.82) is 0 Å². The number of nitrogens with zero attached hydrogens (tertiary/aromatic N) is 2. The first kappa shape index (κ1) is 24.8. The smallest absolute Gasteiger partial charge is 0.331 e. The molecule has 0 bridgehead atoms. The zero-order valence-electron chi connectivity index (χ0n) is 21.7. The van der Waals surface area contributed by atoms with Gasteiger partial charge in [-0.1, -0.05) is 36.4 Å². The van der Waals surface area contributed by atoms with Gasteiger partial charge in [-0.15, -0.1) is 0 Å². The molecule has 1 unspecified atom stereocenters. The van der Waals surface area contributed by atoms with Gasteiger partial charge in [0.25, 0.3) is 5.79 Å². The highest BCUT2D eigenvalue weighted by molar-refractivity contribution is 6.06. The first-order valence-corrected chi connectivity index (χ1v) is 12.1. The Bertz CT molecular complexity index is 1270. The normalized spacial score (nSPS) is 25.1. The number of benzene rings is 2. The van der Waals surface area contributed by atoms with Crippen LogP contribution in [0.5, 0.6) is 5.75 Å². The van der Waals surface area contributed by atoms with E-state index in [1.807, 2.05) is 24.3 Å². The summed E-state index contributed by atoms with van der Waals surface area (Å²) >= 11 is 0. The lowest BCUT2D eigenvalue weighted by Crippen LogP contribution is -2.58. The van der Waals surface area contributed by atoms with Gasteiger partial charge in [0.2, 0.25) is 5.41 Å². The molecule has 3 aliphatic rings. The summed E-state index contributed by atoms with van der Waals surface area (Å²) in [5.41, 5.74) is -0.811. The molecule has 194 valence electrons. The van der Waals surface area contributed by atoms with E-state index < -0.39 is 52.7 Å². The number of carbonyl (C=O) groups is 3. The van der Waals surface area contributed by atoms with Gasteiger partial charge in [-0.3, -0.25) is 14.6 Å². The molecule has 0 aromatic heterocycles. The third kappa shape index (κ3) is 3.84. The minimum atomic E-state index is -1.93. The third-order valence-electron chi connectivity index (χ3n) is 6.88. The molecule has 0 aliphatic carbocycles. The van der Waals surface area contributed by atoms with Gasteiger partial charge < -0.3 is 18.9 Å². The molecular formula is C28H30N2O7. The highest BCUT2D eigenvalue weighted by Gasteiger charge is 2.75. The molecule has 1 spiro atoms. The summed E-state index contributed by atoms with van der Waals surface area (Å²) in [6, 6.07) is 12.1. The van der Waals surface area contributed by atoms with E-state index in [0.717, 1.165) is 5.56 Å². The number of esters is 3. The van der Waals surface area contributed by atoms with Crippen molar-refractivity contribution in [3.8, 4) is 5.75 Å². The van der Waals surface area contributed by atoms with E-state index in [0.29, 0.717) is 16.9 Å². The Morgan fingerprint density at radius 1 is 1.00 bits per heavy atom. The fourth-order valence-electron chi connectivity index (χ4n) is 5.53. The number of hydrogen-bond acceptors (Lipinski definition) is 9. The second-order valence-electron chi connectivity index (χ2n) is 10.9. The Morgan fingerprint density at radius 2 is 1.62 bits per heavy atom. The maximum atomic E-state index is 14.1. The summed E-state index contributed by atoms with van der Waals surface area (Å²) in [4.78, 5) is 42.0. The summed E-state index contributed by atoms with van der Waals surface area (Å²) < 4.78 is 22.6. The monoisotopic (exact) mass is 506 g/mol. The largest absolute Gasteiger partial charge is 0.497 e. The standard InChI is InChI=1S/C28H30N2O7/c1-26(2,3)35-23(31)21-20(16-11-13-18(34-6)14-12-16)28(24(32)36-27(4,5)37-25(28)33)22-19-10-8-7-9-17(19)15-29-30(21)22/h7-15,20-22H,1-6H3/t20-,21+,22?/m0/s1. The Balaban J connectivity index is 1.80. The second-order valence-corrected chi connectivity index (χ2v) is 10.9. The number of hydrazone groups is 1. The van der Waals surface area contributed by atoms with E-state index in [2.05, 4.69) is 5.10 Å². The van der Waals surface area contributed by atoms with Gasteiger partial charge in [0.05, 0.1) is 13.3 Å². The molecule has 9 heteroatoms. The molecule has 0 N–H and O–H groups in total. The van der Waals surface area contributed by atoms with Crippen molar-refractivity contribution >= 4 is 24.1 Å². The van der Waals surface area contributed by atoms with Crippen LogP contribution in [0.4, 0.5) is 0 Å². The highest BCUT2D eigenvalue weighted by atomic mass is 16.7. The van der Waals surface area contributed by atoms with Crippen LogP contribution in [-0.4, -0.2) is 53.7 Å². The van der Waals surface area contributed by atoms with Crippen LogP contribution in [0, 0.1) is 5.41 Å². The lowest BCUT2D eigenvalue weighted by Gasteiger charge is -2.44. The van der Waals surface area contributed by atoms with Crippen LogP contribution in [0.3, 0.4) is 0 Å². The topological polar surface area (TPSA) is 104 Å². The maximum Gasteiger partial charge on any atom is 0.331 e. The zero-order valence-corrected chi connectivity index (χ0v) is 21.7. The molecule has 37 heavy (non-hydrogen) atoms. The molecule has 0 saturated carbocycles. The van der Waals surface area contributed by atoms with Crippen LogP contribution >= 0.6 is 0 Å². The van der Waals surface area contributed by atoms with Crippen molar-refractivity contribution in [3.05, 3.63) is 65.2 Å². The summed E-state index contributed by atoms with van der Waals surface area (Å²) in [6.07, 6.45) is 1.62. The molecule has 2 aromatic rings. The molecule has 2 fully saturated rings. The fraction of sp³-hybridized carbons (Fsp3) is 0.429. The maximum absolute atomic E-state index is 14.1. The van der Waals surface area contributed by atoms with Crippen LogP contribution in [0.25, 0.3) is 0 Å². The van der Waals surface area contributed by atoms with Gasteiger partial charge in [0.15, 0.2) is 6.04 Å². The summed E-state index contributed by atoms with van der Waals surface area (Å²) in [7, 11) is 1.54. The molecule has 3 atom stereocenters. The zero-order chi connectivity index (χ0) is 26.8. The Hall–Kier alpha value is -3.88. The average molecular weight is 507 g/mol. The molecule has 2 saturated heterocycles. The minimum Gasteiger partial charge on any atom is -0.497 e. The molecule has 5 rings (SSSR count). The van der Waals surface area contributed by atoms with Crippen LogP contribution in [0.15, 0.2) is 53.6 Å². The fourth-order valence-corrected chi connectivity index (χ4v) is 5.53. The molecule has 3 aliphatic heterocycles. The van der Waals surface area contributed by atoms with E-state index in [1.165, 1.54) is 18.9 Å². The second kappa shape index (κ2) is 8.33. The number of methoxy groups -OCH3 is 1. The molecule has 3 heterocycles. The summed E-state index contributed by atoms with van der Waals surface area (Å²) in [5.74, 6) is -4.07. The lowest BCUT2D eigenvalue weighted by atomic mass is 9.65. The van der Waals surface area contributed by atoms with E-state index >= 15 is 0 Å². The van der Waals surface area contributed by atoms with Crippen molar-refractivity contribution in [2.75, 3.05) is 7.11 Å². The van der Waals surface area contributed by atoms with Crippen LogP contribution in [-0.2, 0) is 28.6 Å². The van der Waals surface area contributed by atoms with Crippen LogP contribution in [0.2, 0.25) is 0 Å². The number of cyclic esters (lactones) is 2. The molecule has 0 radical (unpaired) electrons. The number of fused-ring (bicyclic) bond motifs is 4. The van der Waals surface area contributed by atoms with Crippen molar-refractivity contribution in [3.63, 3.8) is 0 Å². The number of rotatable bonds is 3. The first-order chi connectivity index (χ1) is 17.4. The average Bonchev–Trinajstić information content (AvgIpc) is 3.14. The SMILES string of the molecule is COc1ccc([C@H]2[C@H](C(=O)OC(C)(C)C)N3N=Cc4ccccc4C3C23C(=O)OC(C)(C)OC3=O)cc1. The van der Waals surface area contributed by atoms with Crippen LogP contribution < -0.4 is 4.74 Å². The van der Waals surface area contributed by atoms with Crippen molar-refractivity contribution in [1.82, 2.24) is 5.01 Å². The van der Waals surface area contributed by atoms with Gasteiger partial charge in [-0.2, -0.15) is 5.10 Å². The first-order valence-electron chi connectivity index (χ1n) is 12.1. The molecular weight excluding hydrogens is 476 g/mol. The lowest BCUT2D eigenvalue weighted by molar-refractivity contribution is -0.254. The van der Waals surface area contributed by atoms with E-state index in [1.54, 1.807) is 58.4 Å². The van der Waals surface area contributed by atoms with E-state index in [-0.39, 0.29) is 0 Å². The highest BCUT2D eigenvalue weighted by Crippen LogP contribution is 2.62. The predicted molar refractivity (Wildman–Crippen MR) is 133 cm³/mol. The number of carbonyl (C=O) groups excluding carboxylic acids is 3. The number of hydrogen-bond donors (Lipinski definition) is 0. The van der Waals surface area contributed by atoms with Gasteiger partial charge in [0.1, 0.15) is 17.4 Å². The molecule has 2 aromatic carbocycles. The molecule has 9 nitrogen and oxygen atoms in total. The van der Waals surface area contributed by atoms with E-state index in [9.17, 15) is 14.4 Å². The van der Waals surface area contributed by atoms with Gasteiger partial charge >= 0.3 is 17.9 Å². The minimum absolute atomic E-state index is 0.548. The Labute approximate surface area is 215 Å². The predicted octanol–water partition coefficient (Wildman–Crippen LogP) is 3.72. The third-order valence-corrected chi connectivity index (χ3v) is 6.88. The van der Waals surface area contributed by atoms with Crippen LogP contribution in [0.1, 0.15) is 63.3 Å². The van der Waals surface area contributed by atoms with Gasteiger partial charge in [-0.25, -0.2) is 4.79 Å². The number of ether oxygens (including phenoxy) is 4. The Morgan fingerprint density at radius 3 is 2.22 bits per heavy atom. The van der Waals surface area contributed by atoms with Gasteiger partial charge in [0, 0.05) is 19.8 Å². The quantitative estimate of drug-likeness (QED) is 0.458. The van der Waals surface area contributed by atoms with E-state index in [4.69, 9.17) is 18.9 Å². The van der Waals surface area contributed by atoms with Gasteiger partial charge in [-0.05, 0) is 49.6 Å². The Kier molecular flexibility index (Phi) is 5.58. The summed E-state index contributed by atoms with van der Waals surface area (Å²) in [6.45, 7) is 8.29. The van der Waals surface area contributed by atoms with Crippen molar-refractivity contribution in [2.24, 2.45) is 10.5 Å².